The lowest BCUT2D eigenvalue weighted by molar-refractivity contribution is 0.292. The molecule has 1 aromatic heterocycles. The van der Waals surface area contributed by atoms with Crippen molar-refractivity contribution in [1.82, 2.24) is 13.6 Å². The molecule has 1 saturated heterocycles. The van der Waals surface area contributed by atoms with Gasteiger partial charge in [0.25, 0.3) is 0 Å². The molecule has 2 aromatic carbocycles. The van der Waals surface area contributed by atoms with Crippen LogP contribution in [0.15, 0.2) is 53.6 Å². The fourth-order valence-electron chi connectivity index (χ4n) is 3.33. The van der Waals surface area contributed by atoms with Crippen LogP contribution in [0.25, 0.3) is 22.0 Å². The summed E-state index contributed by atoms with van der Waals surface area (Å²) in [6.07, 6.45) is 3.53. The van der Waals surface area contributed by atoms with Gasteiger partial charge in [-0.25, -0.2) is 21.4 Å². The Labute approximate surface area is 162 Å². The Morgan fingerprint density at radius 2 is 1.63 bits per heavy atom. The van der Waals surface area contributed by atoms with Crippen LogP contribution in [-0.2, 0) is 22.0 Å². The first-order valence-corrected chi connectivity index (χ1v) is 11.3. The van der Waals surface area contributed by atoms with Gasteiger partial charge in [-0.3, -0.25) is 0 Å². The van der Waals surface area contributed by atoms with Crippen LogP contribution in [0.1, 0.15) is 0 Å². The predicted octanol–water partition coefficient (Wildman–Crippen LogP) is 2.91. The fourth-order valence-corrected chi connectivity index (χ4v) is 5.17. The fraction of sp³-hybridized carbons (Fsp3) is 0.263. The molecule has 0 bridgehead atoms. The Bertz CT molecular complexity index is 1010. The van der Waals surface area contributed by atoms with E-state index in [0.29, 0.717) is 26.2 Å². The summed E-state index contributed by atoms with van der Waals surface area (Å²) in [5, 5.41) is 0.953. The molecule has 142 valence electrons. The van der Waals surface area contributed by atoms with Crippen LogP contribution < -0.4 is 0 Å². The Morgan fingerprint density at radius 3 is 2.30 bits per heavy atom. The maximum atomic E-state index is 13.4. The maximum Gasteiger partial charge on any atom is 0.127 e. The minimum absolute atomic E-state index is 0.270. The summed E-state index contributed by atoms with van der Waals surface area (Å²) in [4.78, 5) is 3.84. The molecule has 4 rings (SSSR count). The van der Waals surface area contributed by atoms with Crippen molar-refractivity contribution >= 4 is 32.9 Å². The van der Waals surface area contributed by atoms with E-state index in [9.17, 15) is 12.8 Å². The molecule has 1 N–H and O–H groups in total. The number of fused-ring (bicyclic) bond motifs is 1. The van der Waals surface area contributed by atoms with E-state index in [1.54, 1.807) is 12.3 Å². The quantitative estimate of drug-likeness (QED) is 0.726. The second kappa shape index (κ2) is 7.63. The molecule has 0 radical (unpaired) electrons. The van der Waals surface area contributed by atoms with Crippen molar-refractivity contribution in [2.45, 2.75) is 4.90 Å². The van der Waals surface area contributed by atoms with Crippen molar-refractivity contribution < 1.29 is 12.8 Å². The molecule has 0 amide bonds. The molecule has 2 heterocycles. The number of benzene rings is 2. The molecule has 1 aliphatic heterocycles. The van der Waals surface area contributed by atoms with Gasteiger partial charge in [0.1, 0.15) is 16.8 Å². The molecule has 2 unspecified atom stereocenters. The lowest BCUT2D eigenvalue weighted by Gasteiger charge is -2.31. The number of piperazine rings is 1. The largest absolute Gasteiger partial charge is 0.360 e. The molecule has 3 aromatic rings. The summed E-state index contributed by atoms with van der Waals surface area (Å²) in [6, 6.07) is 12.3. The molecule has 0 saturated carbocycles. The highest BCUT2D eigenvalue weighted by atomic mass is 32.2. The van der Waals surface area contributed by atoms with E-state index in [-0.39, 0.29) is 5.82 Å². The van der Waals surface area contributed by atoms with Crippen molar-refractivity contribution in [3.05, 3.63) is 54.5 Å². The molecule has 0 spiro atoms. The van der Waals surface area contributed by atoms with E-state index in [1.807, 2.05) is 39.1 Å². The highest BCUT2D eigenvalue weighted by molar-refractivity contribution is 7.82. The van der Waals surface area contributed by atoms with Gasteiger partial charge in [0.15, 0.2) is 0 Å². The smallest absolute Gasteiger partial charge is 0.127 e. The zero-order valence-electron chi connectivity index (χ0n) is 14.9. The number of rotatable bonds is 4. The molecule has 1 aliphatic rings. The number of nitrogens with zero attached hydrogens (tertiary/aromatic N) is 2. The SMILES string of the molecule is CS(=O)N1CCN(S(=O)c2ccc(-c3c[nH]c4cc(F)ccc34)cc2)CC1. The molecule has 0 aliphatic carbocycles. The number of aromatic amines is 1. The van der Waals surface area contributed by atoms with Crippen LogP contribution in [0.5, 0.6) is 0 Å². The highest BCUT2D eigenvalue weighted by Crippen LogP contribution is 2.29. The normalized spacial score (nSPS) is 18.6. The van der Waals surface area contributed by atoms with E-state index in [2.05, 4.69) is 4.98 Å². The van der Waals surface area contributed by atoms with E-state index in [4.69, 9.17) is 0 Å². The molecule has 1 fully saturated rings. The number of H-pyrrole nitrogens is 1. The molecule has 27 heavy (non-hydrogen) atoms. The van der Waals surface area contributed by atoms with Crippen LogP contribution in [0, 0.1) is 5.82 Å². The number of nitrogens with one attached hydrogen (secondary N) is 1. The lowest BCUT2D eigenvalue weighted by atomic mass is 10.1. The number of aromatic nitrogens is 1. The van der Waals surface area contributed by atoms with Crippen LogP contribution in [0.4, 0.5) is 4.39 Å². The summed E-state index contributed by atoms with van der Waals surface area (Å²) in [5.41, 5.74) is 2.73. The molecule has 5 nitrogen and oxygen atoms in total. The van der Waals surface area contributed by atoms with E-state index in [1.165, 1.54) is 12.1 Å². The van der Waals surface area contributed by atoms with Crippen LogP contribution in [0.2, 0.25) is 0 Å². The van der Waals surface area contributed by atoms with Gasteiger partial charge in [0.2, 0.25) is 0 Å². The predicted molar refractivity (Wildman–Crippen MR) is 107 cm³/mol. The standard InChI is InChI=1S/C19H20FN3O2S2/c1-26(24)22-8-10-23(11-9-22)27(25)16-5-2-14(3-6-16)18-13-21-19-12-15(20)4-7-17(18)19/h2-7,12-13,21H,8-11H2,1H3. The van der Waals surface area contributed by atoms with Gasteiger partial charge in [-0.1, -0.05) is 12.1 Å². The summed E-state index contributed by atoms with van der Waals surface area (Å²) in [7, 11) is -2.21. The summed E-state index contributed by atoms with van der Waals surface area (Å²) < 4.78 is 41.5. The van der Waals surface area contributed by atoms with E-state index in [0.717, 1.165) is 26.9 Å². The van der Waals surface area contributed by atoms with Gasteiger partial charge in [-0.2, -0.15) is 0 Å². The van der Waals surface area contributed by atoms with Crippen molar-refractivity contribution in [2.24, 2.45) is 0 Å². The average Bonchev–Trinajstić information content (AvgIpc) is 3.10. The Morgan fingerprint density at radius 1 is 0.963 bits per heavy atom. The summed E-state index contributed by atoms with van der Waals surface area (Å²) in [5.74, 6) is -0.270. The topological polar surface area (TPSA) is 56.4 Å². The average molecular weight is 406 g/mol. The second-order valence-electron chi connectivity index (χ2n) is 6.45. The summed E-state index contributed by atoms with van der Waals surface area (Å²) in [6.45, 7) is 2.56. The molecular weight excluding hydrogens is 385 g/mol. The number of hydrogen-bond acceptors (Lipinski definition) is 2. The Hall–Kier alpha value is -1.87. The Kier molecular flexibility index (Phi) is 5.23. The third-order valence-electron chi connectivity index (χ3n) is 4.81. The maximum absolute atomic E-state index is 13.4. The van der Waals surface area contributed by atoms with Crippen molar-refractivity contribution in [2.75, 3.05) is 32.4 Å². The monoisotopic (exact) mass is 405 g/mol. The van der Waals surface area contributed by atoms with E-state index < -0.39 is 22.0 Å². The molecule has 8 heteroatoms. The van der Waals surface area contributed by atoms with Crippen molar-refractivity contribution in [1.29, 1.82) is 0 Å². The lowest BCUT2D eigenvalue weighted by Crippen LogP contribution is -2.47. The van der Waals surface area contributed by atoms with Crippen LogP contribution in [-0.4, -0.2) is 54.4 Å². The summed E-state index contributed by atoms with van der Waals surface area (Å²) >= 11 is 0. The van der Waals surface area contributed by atoms with Gasteiger partial charge < -0.3 is 4.98 Å². The van der Waals surface area contributed by atoms with Gasteiger partial charge in [0, 0.05) is 55.1 Å². The number of hydrogen-bond donors (Lipinski definition) is 1. The minimum Gasteiger partial charge on any atom is -0.360 e. The third-order valence-corrected chi connectivity index (χ3v) is 7.41. The highest BCUT2D eigenvalue weighted by Gasteiger charge is 2.23. The number of halogens is 1. The Balaban J connectivity index is 1.52. The van der Waals surface area contributed by atoms with Crippen molar-refractivity contribution in [3.63, 3.8) is 0 Å². The van der Waals surface area contributed by atoms with E-state index >= 15 is 0 Å². The first-order valence-electron chi connectivity index (χ1n) is 8.65. The van der Waals surface area contributed by atoms with Crippen LogP contribution >= 0.6 is 0 Å². The van der Waals surface area contributed by atoms with Gasteiger partial charge in [0.05, 0.1) is 15.9 Å². The zero-order valence-corrected chi connectivity index (χ0v) is 16.5. The van der Waals surface area contributed by atoms with Gasteiger partial charge in [-0.05, 0) is 35.9 Å². The first kappa shape index (κ1) is 18.5. The van der Waals surface area contributed by atoms with Gasteiger partial charge >= 0.3 is 0 Å². The molecule has 2 atom stereocenters. The van der Waals surface area contributed by atoms with Gasteiger partial charge in [-0.15, -0.1) is 0 Å². The first-order chi connectivity index (χ1) is 13.0. The van der Waals surface area contributed by atoms with Crippen molar-refractivity contribution in [3.8, 4) is 11.1 Å². The van der Waals surface area contributed by atoms with Crippen LogP contribution in [0.3, 0.4) is 0 Å². The zero-order chi connectivity index (χ0) is 19.0. The third kappa shape index (κ3) is 3.75. The minimum atomic E-state index is -1.23. The molecular formula is C19H20FN3O2S2. The second-order valence-corrected chi connectivity index (χ2v) is 9.30.